The number of aliphatic hydroxyl groups excluding tert-OH is 1. The fraction of sp³-hybridized carbons (Fsp3) is 0.278. The molecule has 0 amide bonds. The van der Waals surface area contributed by atoms with Crippen molar-refractivity contribution in [2.75, 3.05) is 17.2 Å². The molecule has 4 N–H and O–H groups in total. The predicted octanol–water partition coefficient (Wildman–Crippen LogP) is 3.76. The molecule has 7 nitrogen and oxygen atoms in total. The van der Waals surface area contributed by atoms with E-state index in [1.165, 1.54) is 31.2 Å². The van der Waals surface area contributed by atoms with Gasteiger partial charge >= 0.3 is 0 Å². The standard InChI is InChI=1S/C18H18ClFN6O/c19-13-8-21-18(22-15(9-27)11-3-5-12(20)6-4-11)24-17(13)23-16-7-14(25-26-16)10-1-2-10/h3-8,10,15,27H,1-2,9H2,(H3,21,22,23,24,25,26). The Hall–Kier alpha value is -2.71. The number of aromatic nitrogens is 4. The molecule has 0 radical (unpaired) electrons. The maximum absolute atomic E-state index is 13.1. The number of benzene rings is 1. The Balaban J connectivity index is 1.51. The van der Waals surface area contributed by atoms with Crippen molar-refractivity contribution in [1.82, 2.24) is 20.2 Å². The fourth-order valence-corrected chi connectivity index (χ4v) is 2.86. The maximum atomic E-state index is 13.1. The monoisotopic (exact) mass is 388 g/mol. The maximum Gasteiger partial charge on any atom is 0.225 e. The summed E-state index contributed by atoms with van der Waals surface area (Å²) in [6.45, 7) is -0.203. The van der Waals surface area contributed by atoms with Crippen molar-refractivity contribution >= 4 is 29.2 Å². The summed E-state index contributed by atoms with van der Waals surface area (Å²) in [6.07, 6.45) is 3.80. The third-order valence-corrected chi connectivity index (χ3v) is 4.63. The second-order valence-corrected chi connectivity index (χ2v) is 6.83. The smallest absolute Gasteiger partial charge is 0.225 e. The second-order valence-electron chi connectivity index (χ2n) is 6.43. The van der Waals surface area contributed by atoms with Crippen molar-refractivity contribution in [3.63, 3.8) is 0 Å². The van der Waals surface area contributed by atoms with E-state index in [9.17, 15) is 9.50 Å². The van der Waals surface area contributed by atoms with Crippen molar-refractivity contribution in [3.8, 4) is 0 Å². The second kappa shape index (κ2) is 7.50. The van der Waals surface area contributed by atoms with Crippen molar-refractivity contribution in [2.24, 2.45) is 0 Å². The van der Waals surface area contributed by atoms with E-state index in [4.69, 9.17) is 11.6 Å². The zero-order valence-corrected chi connectivity index (χ0v) is 15.0. The van der Waals surface area contributed by atoms with Gasteiger partial charge in [-0.15, -0.1) is 0 Å². The van der Waals surface area contributed by atoms with Gasteiger partial charge in [0, 0.05) is 12.0 Å². The Bertz CT molecular complexity index is 928. The average molecular weight is 389 g/mol. The summed E-state index contributed by atoms with van der Waals surface area (Å²) in [5, 5.41) is 23.4. The largest absolute Gasteiger partial charge is 0.394 e. The molecule has 3 aromatic rings. The number of rotatable bonds is 7. The Morgan fingerprint density at radius 3 is 2.78 bits per heavy atom. The number of hydrogen-bond donors (Lipinski definition) is 4. The van der Waals surface area contributed by atoms with Gasteiger partial charge in [-0.1, -0.05) is 23.7 Å². The van der Waals surface area contributed by atoms with Gasteiger partial charge in [-0.25, -0.2) is 9.37 Å². The predicted molar refractivity (Wildman–Crippen MR) is 101 cm³/mol. The highest BCUT2D eigenvalue weighted by molar-refractivity contribution is 6.32. The third-order valence-electron chi connectivity index (χ3n) is 4.35. The minimum absolute atomic E-state index is 0.203. The Labute approximate surface area is 160 Å². The van der Waals surface area contributed by atoms with Crippen molar-refractivity contribution in [3.05, 3.63) is 58.6 Å². The molecule has 27 heavy (non-hydrogen) atoms. The van der Waals surface area contributed by atoms with Crippen LogP contribution in [-0.2, 0) is 0 Å². The molecule has 9 heteroatoms. The third kappa shape index (κ3) is 4.17. The summed E-state index contributed by atoms with van der Waals surface area (Å²) < 4.78 is 13.1. The summed E-state index contributed by atoms with van der Waals surface area (Å²) in [4.78, 5) is 8.52. The van der Waals surface area contributed by atoms with Gasteiger partial charge in [0.05, 0.1) is 24.5 Å². The molecular weight excluding hydrogens is 371 g/mol. The van der Waals surface area contributed by atoms with Gasteiger partial charge in [-0.3, -0.25) is 5.10 Å². The molecular formula is C18H18ClFN6O. The normalized spacial score (nSPS) is 14.8. The molecule has 1 atom stereocenters. The van der Waals surface area contributed by atoms with Crippen LogP contribution >= 0.6 is 11.6 Å². The molecule has 1 aliphatic carbocycles. The van der Waals surface area contributed by atoms with E-state index in [1.54, 1.807) is 12.1 Å². The fourth-order valence-electron chi connectivity index (χ4n) is 2.73. The lowest BCUT2D eigenvalue weighted by Gasteiger charge is -2.17. The molecule has 1 aliphatic rings. The zero-order valence-electron chi connectivity index (χ0n) is 14.3. The molecule has 2 aromatic heterocycles. The number of hydrogen-bond acceptors (Lipinski definition) is 6. The molecule has 1 fully saturated rings. The highest BCUT2D eigenvalue weighted by Crippen LogP contribution is 2.39. The molecule has 0 spiro atoms. The van der Waals surface area contributed by atoms with Gasteiger partial charge in [-0.2, -0.15) is 10.1 Å². The summed E-state index contributed by atoms with van der Waals surface area (Å²) in [7, 11) is 0. The molecule has 1 unspecified atom stereocenters. The van der Waals surface area contributed by atoms with E-state index in [1.807, 2.05) is 6.07 Å². The van der Waals surface area contributed by atoms with Crippen LogP contribution in [-0.4, -0.2) is 31.9 Å². The topological polar surface area (TPSA) is 98.7 Å². The van der Waals surface area contributed by atoms with E-state index in [0.717, 1.165) is 11.3 Å². The summed E-state index contributed by atoms with van der Waals surface area (Å²) in [5.74, 6) is 1.59. The molecule has 1 aromatic carbocycles. The van der Waals surface area contributed by atoms with Gasteiger partial charge in [-0.05, 0) is 30.5 Å². The van der Waals surface area contributed by atoms with E-state index in [2.05, 4.69) is 30.8 Å². The molecule has 1 saturated carbocycles. The first kappa shape index (κ1) is 17.7. The summed E-state index contributed by atoms with van der Waals surface area (Å²) in [6, 6.07) is 7.34. The summed E-state index contributed by atoms with van der Waals surface area (Å²) in [5.41, 5.74) is 1.74. The van der Waals surface area contributed by atoms with Crippen LogP contribution in [0.25, 0.3) is 0 Å². The Kier molecular flexibility index (Phi) is 4.91. The molecule has 0 saturated heterocycles. The molecule has 0 aliphatic heterocycles. The van der Waals surface area contributed by atoms with Gasteiger partial charge < -0.3 is 15.7 Å². The minimum atomic E-state index is -0.478. The van der Waals surface area contributed by atoms with Crippen LogP contribution in [0.2, 0.25) is 5.02 Å². The molecule has 2 heterocycles. The van der Waals surface area contributed by atoms with Crippen molar-refractivity contribution < 1.29 is 9.50 Å². The Morgan fingerprint density at radius 2 is 2.07 bits per heavy atom. The van der Waals surface area contributed by atoms with E-state index in [-0.39, 0.29) is 18.4 Å². The number of anilines is 3. The van der Waals surface area contributed by atoms with Gasteiger partial charge in [0.15, 0.2) is 5.82 Å². The molecule has 4 rings (SSSR count). The molecule has 0 bridgehead atoms. The lowest BCUT2D eigenvalue weighted by atomic mass is 10.1. The van der Waals surface area contributed by atoms with Crippen LogP contribution in [0.4, 0.5) is 22.0 Å². The van der Waals surface area contributed by atoms with E-state index in [0.29, 0.717) is 22.6 Å². The number of nitrogens with zero attached hydrogens (tertiary/aromatic N) is 3. The number of aromatic amines is 1. The van der Waals surface area contributed by atoms with Crippen molar-refractivity contribution in [1.29, 1.82) is 0 Å². The van der Waals surface area contributed by atoms with Crippen LogP contribution in [0.3, 0.4) is 0 Å². The average Bonchev–Trinajstić information content (AvgIpc) is 3.42. The minimum Gasteiger partial charge on any atom is -0.394 e. The first-order valence-electron chi connectivity index (χ1n) is 8.60. The van der Waals surface area contributed by atoms with E-state index >= 15 is 0 Å². The van der Waals surface area contributed by atoms with E-state index < -0.39 is 6.04 Å². The number of halogens is 2. The highest BCUT2D eigenvalue weighted by Gasteiger charge is 2.26. The molecule has 140 valence electrons. The van der Waals surface area contributed by atoms with Crippen LogP contribution in [0.5, 0.6) is 0 Å². The zero-order chi connectivity index (χ0) is 18.8. The summed E-state index contributed by atoms with van der Waals surface area (Å²) >= 11 is 6.19. The van der Waals surface area contributed by atoms with Gasteiger partial charge in [0.25, 0.3) is 0 Å². The Morgan fingerprint density at radius 1 is 1.30 bits per heavy atom. The van der Waals surface area contributed by atoms with Crippen LogP contribution in [0, 0.1) is 5.82 Å². The van der Waals surface area contributed by atoms with Crippen LogP contribution in [0.1, 0.15) is 36.1 Å². The van der Waals surface area contributed by atoms with Crippen molar-refractivity contribution in [2.45, 2.75) is 24.8 Å². The number of H-pyrrole nitrogens is 1. The van der Waals surface area contributed by atoms with Gasteiger partial charge in [0.2, 0.25) is 5.95 Å². The lowest BCUT2D eigenvalue weighted by molar-refractivity contribution is 0.276. The SMILES string of the molecule is OCC(Nc1ncc(Cl)c(Nc2cc(C3CC3)n[nH]2)n1)c1ccc(F)cc1. The highest BCUT2D eigenvalue weighted by atomic mass is 35.5. The van der Waals surface area contributed by atoms with Crippen LogP contribution < -0.4 is 10.6 Å². The number of aliphatic hydroxyl groups is 1. The quantitative estimate of drug-likeness (QED) is 0.492. The first-order valence-corrected chi connectivity index (χ1v) is 8.98. The number of nitrogens with one attached hydrogen (secondary N) is 3. The lowest BCUT2D eigenvalue weighted by Crippen LogP contribution is -2.17. The van der Waals surface area contributed by atoms with Crippen LogP contribution in [0.15, 0.2) is 36.5 Å². The van der Waals surface area contributed by atoms with Gasteiger partial charge in [0.1, 0.15) is 16.7 Å². The first-order chi connectivity index (χ1) is 13.1.